The Hall–Kier alpha value is -0.870. The van der Waals surface area contributed by atoms with Crippen LogP contribution in [0, 0.1) is 5.82 Å². The fourth-order valence-electron chi connectivity index (χ4n) is 1.72. The van der Waals surface area contributed by atoms with E-state index in [-0.39, 0.29) is 11.9 Å². The highest BCUT2D eigenvalue weighted by molar-refractivity contribution is 9.10. The summed E-state index contributed by atoms with van der Waals surface area (Å²) in [6, 6.07) is 5.23. The van der Waals surface area contributed by atoms with Crippen LogP contribution < -0.4 is 5.32 Å². The van der Waals surface area contributed by atoms with Gasteiger partial charge in [-0.15, -0.1) is 0 Å². The van der Waals surface area contributed by atoms with Gasteiger partial charge >= 0.3 is 0 Å². The van der Waals surface area contributed by atoms with Crippen molar-refractivity contribution in [2.75, 3.05) is 6.54 Å². The average molecular weight is 286 g/mol. The van der Waals surface area contributed by atoms with E-state index < -0.39 is 0 Å². The van der Waals surface area contributed by atoms with E-state index in [0.29, 0.717) is 5.58 Å². The number of furan rings is 1. The Balaban J connectivity index is 2.47. The van der Waals surface area contributed by atoms with Crippen molar-refractivity contribution in [3.05, 3.63) is 34.2 Å². The van der Waals surface area contributed by atoms with Gasteiger partial charge < -0.3 is 9.73 Å². The third kappa shape index (κ3) is 2.13. The van der Waals surface area contributed by atoms with Crippen LogP contribution in [0.2, 0.25) is 0 Å². The van der Waals surface area contributed by atoms with E-state index in [2.05, 4.69) is 21.2 Å². The summed E-state index contributed by atoms with van der Waals surface area (Å²) < 4.78 is 19.8. The molecule has 0 amide bonds. The Kier molecular flexibility index (Phi) is 3.30. The van der Waals surface area contributed by atoms with E-state index in [9.17, 15) is 4.39 Å². The molecular weight excluding hydrogens is 273 g/mol. The van der Waals surface area contributed by atoms with Crippen molar-refractivity contribution >= 4 is 26.9 Å². The molecule has 0 saturated heterocycles. The number of fused-ring (bicyclic) bond motifs is 1. The van der Waals surface area contributed by atoms with Gasteiger partial charge in [-0.25, -0.2) is 4.39 Å². The van der Waals surface area contributed by atoms with Crippen molar-refractivity contribution in [1.82, 2.24) is 5.32 Å². The highest BCUT2D eigenvalue weighted by atomic mass is 79.9. The van der Waals surface area contributed by atoms with Crippen molar-refractivity contribution in [1.29, 1.82) is 0 Å². The van der Waals surface area contributed by atoms with Gasteiger partial charge in [0.25, 0.3) is 0 Å². The molecule has 0 aliphatic carbocycles. The first kappa shape index (κ1) is 11.6. The van der Waals surface area contributed by atoms with Crippen LogP contribution in [0.1, 0.15) is 25.6 Å². The molecule has 0 aliphatic rings. The lowest BCUT2D eigenvalue weighted by Gasteiger charge is -2.07. The Labute approximate surface area is 102 Å². The van der Waals surface area contributed by atoms with E-state index in [4.69, 9.17) is 4.42 Å². The van der Waals surface area contributed by atoms with Gasteiger partial charge in [0.15, 0.2) is 11.4 Å². The van der Waals surface area contributed by atoms with Crippen molar-refractivity contribution in [2.45, 2.75) is 19.9 Å². The maximum absolute atomic E-state index is 13.6. The predicted octanol–water partition coefficient (Wildman–Crippen LogP) is 4.00. The summed E-state index contributed by atoms with van der Waals surface area (Å²) in [5, 5.41) is 4.01. The molecule has 1 heterocycles. The minimum atomic E-state index is -0.334. The number of halogens is 2. The summed E-state index contributed by atoms with van der Waals surface area (Å²) in [5.74, 6) is 0.424. The molecule has 86 valence electrons. The maximum Gasteiger partial charge on any atom is 0.170 e. The molecule has 0 radical (unpaired) electrons. The van der Waals surface area contributed by atoms with Gasteiger partial charge in [0.05, 0.1) is 6.04 Å². The van der Waals surface area contributed by atoms with E-state index in [1.54, 1.807) is 0 Å². The minimum Gasteiger partial charge on any atom is -0.456 e. The normalized spacial score (nSPS) is 13.2. The first-order valence-corrected chi connectivity index (χ1v) is 6.03. The molecule has 0 aliphatic heterocycles. The van der Waals surface area contributed by atoms with Crippen LogP contribution in [-0.2, 0) is 0 Å². The van der Waals surface area contributed by atoms with Crippen LogP contribution in [0.15, 0.2) is 27.1 Å². The van der Waals surface area contributed by atoms with Gasteiger partial charge in [-0.2, -0.15) is 0 Å². The summed E-state index contributed by atoms with van der Waals surface area (Å²) in [6.07, 6.45) is 0. The third-order valence-electron chi connectivity index (χ3n) is 2.49. The molecule has 1 aromatic heterocycles. The van der Waals surface area contributed by atoms with Gasteiger partial charge in [-0.3, -0.25) is 0 Å². The first-order chi connectivity index (χ1) is 7.61. The number of hydrogen-bond donors (Lipinski definition) is 1. The highest BCUT2D eigenvalue weighted by Gasteiger charge is 2.13. The van der Waals surface area contributed by atoms with Crippen LogP contribution in [0.5, 0.6) is 0 Å². The Morgan fingerprint density at radius 2 is 2.19 bits per heavy atom. The molecular formula is C12H13BrFNO. The molecule has 0 saturated carbocycles. The molecule has 16 heavy (non-hydrogen) atoms. The molecule has 4 heteroatoms. The highest BCUT2D eigenvalue weighted by Crippen LogP contribution is 2.28. The van der Waals surface area contributed by atoms with Gasteiger partial charge in [0.1, 0.15) is 5.76 Å². The van der Waals surface area contributed by atoms with Gasteiger partial charge in [0.2, 0.25) is 0 Å². The van der Waals surface area contributed by atoms with Crippen LogP contribution in [0.25, 0.3) is 11.0 Å². The molecule has 1 N–H and O–H groups in total. The molecule has 0 bridgehead atoms. The smallest absolute Gasteiger partial charge is 0.170 e. The summed E-state index contributed by atoms with van der Waals surface area (Å²) in [5.41, 5.74) is 0.322. The minimum absolute atomic E-state index is 0.0931. The largest absolute Gasteiger partial charge is 0.456 e. The molecule has 1 unspecified atom stereocenters. The molecule has 2 aromatic rings. The van der Waals surface area contributed by atoms with Gasteiger partial charge in [-0.05, 0) is 31.7 Å². The standard InChI is InChI=1S/C12H13BrFNO/c1-3-15-7(2)11-5-8-4-9(13)6-10(14)12(8)16-11/h4-7,15H,3H2,1-2H3. The quantitative estimate of drug-likeness (QED) is 0.922. The second-order valence-corrected chi connectivity index (χ2v) is 4.65. The molecule has 2 rings (SSSR count). The third-order valence-corrected chi connectivity index (χ3v) is 2.95. The molecule has 0 fully saturated rings. The fourth-order valence-corrected chi connectivity index (χ4v) is 2.16. The number of rotatable bonds is 3. The SMILES string of the molecule is CCNC(C)c1cc2cc(Br)cc(F)c2o1. The maximum atomic E-state index is 13.6. The van der Waals surface area contributed by atoms with Crippen molar-refractivity contribution in [3.8, 4) is 0 Å². The first-order valence-electron chi connectivity index (χ1n) is 5.23. The zero-order chi connectivity index (χ0) is 11.7. The number of benzene rings is 1. The monoisotopic (exact) mass is 285 g/mol. The number of nitrogens with one attached hydrogen (secondary N) is 1. The van der Waals surface area contributed by atoms with Gasteiger partial charge in [-0.1, -0.05) is 22.9 Å². The van der Waals surface area contributed by atoms with Gasteiger partial charge in [0, 0.05) is 9.86 Å². The summed E-state index contributed by atoms with van der Waals surface area (Å²) in [7, 11) is 0. The number of hydrogen-bond acceptors (Lipinski definition) is 2. The molecule has 2 nitrogen and oxygen atoms in total. The lowest BCUT2D eigenvalue weighted by Crippen LogP contribution is -2.16. The average Bonchev–Trinajstić information content (AvgIpc) is 2.62. The van der Waals surface area contributed by atoms with Crippen LogP contribution in [0.4, 0.5) is 4.39 Å². The molecule has 1 atom stereocenters. The topological polar surface area (TPSA) is 25.2 Å². The lowest BCUT2D eigenvalue weighted by molar-refractivity contribution is 0.449. The second-order valence-electron chi connectivity index (χ2n) is 3.73. The predicted molar refractivity (Wildman–Crippen MR) is 66.0 cm³/mol. The lowest BCUT2D eigenvalue weighted by atomic mass is 10.2. The summed E-state index contributed by atoms with van der Waals surface area (Å²) in [6.45, 7) is 4.87. The summed E-state index contributed by atoms with van der Waals surface area (Å²) in [4.78, 5) is 0. The second kappa shape index (κ2) is 4.55. The van der Waals surface area contributed by atoms with Crippen LogP contribution in [0.3, 0.4) is 0 Å². The van der Waals surface area contributed by atoms with Crippen LogP contribution >= 0.6 is 15.9 Å². The van der Waals surface area contributed by atoms with Crippen LogP contribution in [-0.4, -0.2) is 6.54 Å². The zero-order valence-electron chi connectivity index (χ0n) is 9.18. The van der Waals surface area contributed by atoms with E-state index in [1.165, 1.54) is 6.07 Å². The van der Waals surface area contributed by atoms with E-state index >= 15 is 0 Å². The van der Waals surface area contributed by atoms with E-state index in [0.717, 1.165) is 22.2 Å². The zero-order valence-corrected chi connectivity index (χ0v) is 10.8. The fraction of sp³-hybridized carbons (Fsp3) is 0.333. The van der Waals surface area contributed by atoms with Crippen molar-refractivity contribution in [2.24, 2.45) is 0 Å². The van der Waals surface area contributed by atoms with Crippen molar-refractivity contribution < 1.29 is 8.81 Å². The van der Waals surface area contributed by atoms with E-state index in [1.807, 2.05) is 26.0 Å². The van der Waals surface area contributed by atoms with Crippen molar-refractivity contribution in [3.63, 3.8) is 0 Å². The summed E-state index contributed by atoms with van der Waals surface area (Å²) >= 11 is 3.26. The Bertz CT molecular complexity index is 509. The molecule has 1 aromatic carbocycles. The Morgan fingerprint density at radius 1 is 1.44 bits per heavy atom. The molecule has 0 spiro atoms. The Morgan fingerprint density at radius 3 is 2.88 bits per heavy atom.